The van der Waals surface area contributed by atoms with Crippen LogP contribution in [-0.2, 0) is 14.6 Å². The molecular weight excluding hydrogens is 398 g/mol. The Morgan fingerprint density at radius 2 is 1.92 bits per heavy atom. The van der Waals surface area contributed by atoms with Crippen molar-refractivity contribution in [2.24, 2.45) is 0 Å². The Balaban J connectivity index is 1.75. The van der Waals surface area contributed by atoms with Gasteiger partial charge in [0.1, 0.15) is 6.10 Å². The number of amides is 1. The van der Waals surface area contributed by atoms with E-state index < -0.39 is 9.84 Å². The topological polar surface area (TPSA) is 76.8 Å². The molecule has 1 atom stereocenters. The lowest BCUT2D eigenvalue weighted by molar-refractivity contribution is -0.0239. The van der Waals surface area contributed by atoms with Crippen LogP contribution in [0.2, 0.25) is 0 Å². The molecule has 1 aliphatic rings. The first kappa shape index (κ1) is 17.2. The second-order valence-electron chi connectivity index (χ2n) is 5.55. The van der Waals surface area contributed by atoms with Gasteiger partial charge < -0.3 is 14.1 Å². The minimum absolute atomic E-state index is 0.0203. The van der Waals surface area contributed by atoms with Gasteiger partial charge in [-0.1, -0.05) is 28.1 Å². The van der Waals surface area contributed by atoms with E-state index in [9.17, 15) is 13.2 Å². The van der Waals surface area contributed by atoms with Gasteiger partial charge in [-0.05, 0) is 29.8 Å². The Kier molecular flexibility index (Phi) is 4.80. The molecule has 1 amide bonds. The highest BCUT2D eigenvalue weighted by Gasteiger charge is 2.28. The normalized spacial score (nSPS) is 18.6. The minimum atomic E-state index is -3.47. The lowest BCUT2D eigenvalue weighted by atomic mass is 10.1. The highest BCUT2D eigenvalue weighted by Crippen LogP contribution is 2.25. The number of nitrogens with zero attached hydrogens (tertiary/aromatic N) is 1. The van der Waals surface area contributed by atoms with Gasteiger partial charge in [-0.25, -0.2) is 8.42 Å². The summed E-state index contributed by atoms with van der Waals surface area (Å²) in [6.45, 7) is 1.22. The zero-order chi connectivity index (χ0) is 17.3. The quantitative estimate of drug-likeness (QED) is 0.772. The number of carbonyl (C=O) groups excluding carboxylic acids is 1. The predicted molar refractivity (Wildman–Crippen MR) is 90.6 cm³/mol. The number of furan rings is 1. The number of halogens is 1. The number of hydrogen-bond donors (Lipinski definition) is 0. The molecule has 0 aliphatic carbocycles. The molecular formula is C16H16BrNO5S. The van der Waals surface area contributed by atoms with Crippen molar-refractivity contribution in [3.05, 3.63) is 52.2 Å². The van der Waals surface area contributed by atoms with Crippen LogP contribution in [0.3, 0.4) is 0 Å². The Hall–Kier alpha value is -1.64. The van der Waals surface area contributed by atoms with Crippen LogP contribution in [0.5, 0.6) is 0 Å². The summed E-state index contributed by atoms with van der Waals surface area (Å²) in [7, 11) is -3.47. The first-order valence-electron chi connectivity index (χ1n) is 7.31. The Bertz CT molecular complexity index is 844. The van der Waals surface area contributed by atoms with E-state index in [4.69, 9.17) is 9.15 Å². The van der Waals surface area contributed by atoms with Crippen molar-refractivity contribution < 1.29 is 22.4 Å². The zero-order valence-electron chi connectivity index (χ0n) is 12.9. The van der Waals surface area contributed by atoms with Gasteiger partial charge in [0, 0.05) is 17.3 Å². The van der Waals surface area contributed by atoms with Gasteiger partial charge in [-0.15, -0.1) is 0 Å². The molecule has 3 rings (SSSR count). The SMILES string of the molecule is CS(=O)(=O)c1ccc(C(=O)N2CCOC(c3ccc(Br)cc3)C2)o1. The summed E-state index contributed by atoms with van der Waals surface area (Å²) in [5.74, 6) is -0.317. The maximum Gasteiger partial charge on any atom is 0.289 e. The number of sulfone groups is 1. The van der Waals surface area contributed by atoms with Crippen molar-refractivity contribution in [3.8, 4) is 0 Å². The largest absolute Gasteiger partial charge is 0.440 e. The molecule has 8 heteroatoms. The van der Waals surface area contributed by atoms with Crippen LogP contribution in [0.25, 0.3) is 0 Å². The lowest BCUT2D eigenvalue weighted by Crippen LogP contribution is -2.42. The van der Waals surface area contributed by atoms with E-state index >= 15 is 0 Å². The number of hydrogen-bond acceptors (Lipinski definition) is 5. The van der Waals surface area contributed by atoms with Gasteiger partial charge in [0.25, 0.3) is 5.91 Å². The predicted octanol–water partition coefficient (Wildman–Crippen LogP) is 2.66. The van der Waals surface area contributed by atoms with Crippen LogP contribution in [-0.4, -0.2) is 45.2 Å². The van der Waals surface area contributed by atoms with E-state index in [1.165, 1.54) is 12.1 Å². The Labute approximate surface area is 148 Å². The second kappa shape index (κ2) is 6.70. The summed E-state index contributed by atoms with van der Waals surface area (Å²) in [5, 5.41) is -0.205. The fourth-order valence-corrected chi connectivity index (χ4v) is 3.32. The first-order chi connectivity index (χ1) is 11.3. The highest BCUT2D eigenvalue weighted by atomic mass is 79.9. The molecule has 1 unspecified atom stereocenters. The molecule has 2 aromatic rings. The van der Waals surface area contributed by atoms with Crippen molar-refractivity contribution in [2.75, 3.05) is 26.0 Å². The summed E-state index contributed by atoms with van der Waals surface area (Å²) in [6.07, 6.45) is 0.818. The van der Waals surface area contributed by atoms with E-state index in [-0.39, 0.29) is 22.9 Å². The third-order valence-corrected chi connectivity index (χ3v) is 5.23. The van der Waals surface area contributed by atoms with Crippen LogP contribution in [0.1, 0.15) is 22.2 Å². The number of ether oxygens (including phenoxy) is 1. The third-order valence-electron chi connectivity index (χ3n) is 3.75. The number of benzene rings is 1. The summed E-state index contributed by atoms with van der Waals surface area (Å²) < 4.78 is 34.8. The zero-order valence-corrected chi connectivity index (χ0v) is 15.3. The monoisotopic (exact) mass is 413 g/mol. The van der Waals surface area contributed by atoms with Gasteiger partial charge in [0.05, 0.1) is 13.2 Å². The summed E-state index contributed by atoms with van der Waals surface area (Å²) in [6, 6.07) is 10.4. The van der Waals surface area contributed by atoms with Crippen LogP contribution in [0.4, 0.5) is 0 Å². The molecule has 0 N–H and O–H groups in total. The smallest absolute Gasteiger partial charge is 0.289 e. The molecule has 1 aromatic carbocycles. The highest BCUT2D eigenvalue weighted by molar-refractivity contribution is 9.10. The molecule has 1 saturated heterocycles. The Morgan fingerprint density at radius 3 is 2.54 bits per heavy atom. The summed E-state index contributed by atoms with van der Waals surface area (Å²) in [4.78, 5) is 14.2. The van der Waals surface area contributed by atoms with Crippen LogP contribution >= 0.6 is 15.9 Å². The summed E-state index contributed by atoms with van der Waals surface area (Å²) >= 11 is 3.39. The van der Waals surface area contributed by atoms with Crippen molar-refractivity contribution >= 4 is 31.7 Å². The van der Waals surface area contributed by atoms with Crippen molar-refractivity contribution in [1.29, 1.82) is 0 Å². The molecule has 1 fully saturated rings. The molecule has 6 nitrogen and oxygen atoms in total. The maximum absolute atomic E-state index is 12.5. The van der Waals surface area contributed by atoms with E-state index in [2.05, 4.69) is 15.9 Å². The van der Waals surface area contributed by atoms with Gasteiger partial charge in [-0.2, -0.15) is 0 Å². The number of rotatable bonds is 3. The van der Waals surface area contributed by atoms with Gasteiger partial charge >= 0.3 is 0 Å². The fourth-order valence-electron chi connectivity index (χ4n) is 2.50. The fraction of sp³-hybridized carbons (Fsp3) is 0.312. The van der Waals surface area contributed by atoms with Crippen molar-refractivity contribution in [3.63, 3.8) is 0 Å². The van der Waals surface area contributed by atoms with Crippen molar-refractivity contribution in [1.82, 2.24) is 4.90 Å². The molecule has 1 aromatic heterocycles. The Morgan fingerprint density at radius 1 is 1.21 bits per heavy atom. The molecule has 0 bridgehead atoms. The maximum atomic E-state index is 12.5. The molecule has 0 spiro atoms. The van der Waals surface area contributed by atoms with E-state index in [0.717, 1.165) is 16.3 Å². The van der Waals surface area contributed by atoms with E-state index in [1.54, 1.807) is 4.90 Å². The van der Waals surface area contributed by atoms with Crippen LogP contribution in [0, 0.1) is 0 Å². The van der Waals surface area contributed by atoms with Crippen LogP contribution < -0.4 is 0 Å². The average Bonchev–Trinajstić information content (AvgIpc) is 3.05. The number of morpholine rings is 1. The average molecular weight is 414 g/mol. The van der Waals surface area contributed by atoms with Crippen molar-refractivity contribution in [2.45, 2.75) is 11.2 Å². The molecule has 128 valence electrons. The van der Waals surface area contributed by atoms with E-state index in [0.29, 0.717) is 19.7 Å². The number of carbonyl (C=O) groups is 1. The molecule has 1 aliphatic heterocycles. The molecule has 24 heavy (non-hydrogen) atoms. The minimum Gasteiger partial charge on any atom is -0.440 e. The third kappa shape index (κ3) is 3.71. The van der Waals surface area contributed by atoms with Gasteiger partial charge in [0.2, 0.25) is 14.9 Å². The standard InChI is InChI=1S/C16H16BrNO5S/c1-24(20,21)15-7-6-13(23-15)16(19)18-8-9-22-14(10-18)11-2-4-12(17)5-3-11/h2-7,14H,8-10H2,1H3. The van der Waals surface area contributed by atoms with Crippen LogP contribution in [0.15, 0.2) is 50.4 Å². The molecule has 0 saturated carbocycles. The van der Waals surface area contributed by atoms with Gasteiger partial charge in [0.15, 0.2) is 5.76 Å². The van der Waals surface area contributed by atoms with E-state index in [1.807, 2.05) is 24.3 Å². The van der Waals surface area contributed by atoms with Gasteiger partial charge in [-0.3, -0.25) is 4.79 Å². The molecule has 0 radical (unpaired) electrons. The molecule has 2 heterocycles. The summed E-state index contributed by atoms with van der Waals surface area (Å²) in [5.41, 5.74) is 0.979. The second-order valence-corrected chi connectivity index (χ2v) is 8.42. The lowest BCUT2D eigenvalue weighted by Gasteiger charge is -2.32. The first-order valence-corrected chi connectivity index (χ1v) is 9.99.